The molecule has 0 spiro atoms. The number of hydrogen-bond donors (Lipinski definition) is 1. The van der Waals surface area contributed by atoms with E-state index in [0.717, 1.165) is 36.2 Å². The molecule has 5 heteroatoms. The lowest BCUT2D eigenvalue weighted by Gasteiger charge is -2.17. The van der Waals surface area contributed by atoms with Crippen LogP contribution in [0, 0.1) is 5.92 Å². The van der Waals surface area contributed by atoms with E-state index in [0.29, 0.717) is 5.92 Å². The van der Waals surface area contributed by atoms with Gasteiger partial charge in [-0.25, -0.2) is 4.98 Å². The molecule has 110 valence electrons. The number of hydrogen-bond acceptors (Lipinski definition) is 4. The summed E-state index contributed by atoms with van der Waals surface area (Å²) in [4.78, 5) is 11.1. The van der Waals surface area contributed by atoms with Crippen LogP contribution in [-0.4, -0.2) is 30.1 Å². The van der Waals surface area contributed by atoms with Gasteiger partial charge in [-0.3, -0.25) is 4.98 Å². The monoisotopic (exact) mass is 302 g/mol. The van der Waals surface area contributed by atoms with Crippen LogP contribution in [0.2, 0.25) is 5.02 Å². The second kappa shape index (κ2) is 6.31. The first kappa shape index (κ1) is 14.1. The van der Waals surface area contributed by atoms with E-state index in [2.05, 4.69) is 32.3 Å². The van der Waals surface area contributed by atoms with Crippen molar-refractivity contribution in [1.29, 1.82) is 0 Å². The van der Waals surface area contributed by atoms with Crippen molar-refractivity contribution in [2.75, 3.05) is 30.4 Å². The molecule has 1 N–H and O–H groups in total. The molecule has 0 amide bonds. The summed E-state index contributed by atoms with van der Waals surface area (Å²) in [6, 6.07) is 8.16. The number of benzene rings is 1. The molecule has 0 aliphatic carbocycles. The maximum Gasteiger partial charge on any atom is 0.149 e. The number of nitrogens with zero attached hydrogens (tertiary/aromatic N) is 3. The van der Waals surface area contributed by atoms with Crippen molar-refractivity contribution >= 4 is 23.2 Å². The Hall–Kier alpha value is -1.81. The largest absolute Gasteiger partial charge is 0.372 e. The summed E-state index contributed by atoms with van der Waals surface area (Å²) in [5.41, 5.74) is 1.35. The second-order valence-electron chi connectivity index (χ2n) is 5.44. The molecule has 1 atom stereocenters. The molecule has 1 aromatic carbocycles. The van der Waals surface area contributed by atoms with Gasteiger partial charge in [-0.05, 0) is 36.5 Å². The molecule has 0 bridgehead atoms. The molecule has 1 fully saturated rings. The highest BCUT2D eigenvalue weighted by Gasteiger charge is 2.24. The molecule has 1 aliphatic rings. The third-order valence-electron chi connectivity index (χ3n) is 3.93. The number of nitrogens with one attached hydrogen (secondary N) is 1. The van der Waals surface area contributed by atoms with E-state index >= 15 is 0 Å². The number of rotatable bonds is 4. The van der Waals surface area contributed by atoms with Gasteiger partial charge < -0.3 is 10.2 Å². The van der Waals surface area contributed by atoms with Gasteiger partial charge in [0.2, 0.25) is 0 Å². The molecule has 0 radical (unpaired) electrons. The van der Waals surface area contributed by atoms with Crippen LogP contribution in [-0.2, 0) is 6.42 Å². The summed E-state index contributed by atoms with van der Waals surface area (Å²) in [6.07, 6.45) is 5.86. The van der Waals surface area contributed by atoms with Crippen LogP contribution in [0.15, 0.2) is 36.7 Å². The lowest BCUT2D eigenvalue weighted by molar-refractivity contribution is 0.586. The second-order valence-corrected chi connectivity index (χ2v) is 5.88. The van der Waals surface area contributed by atoms with E-state index in [4.69, 9.17) is 11.6 Å². The van der Waals surface area contributed by atoms with E-state index in [-0.39, 0.29) is 0 Å². The normalized spacial score (nSPS) is 18.0. The molecule has 1 unspecified atom stereocenters. The minimum absolute atomic E-state index is 0.659. The van der Waals surface area contributed by atoms with E-state index < -0.39 is 0 Å². The lowest BCUT2D eigenvalue weighted by atomic mass is 9.99. The quantitative estimate of drug-likeness (QED) is 0.941. The van der Waals surface area contributed by atoms with Crippen LogP contribution in [0.3, 0.4) is 0 Å². The highest BCUT2D eigenvalue weighted by atomic mass is 35.5. The van der Waals surface area contributed by atoms with Crippen LogP contribution in [0.4, 0.5) is 11.6 Å². The minimum Gasteiger partial charge on any atom is -0.372 e. The maximum atomic E-state index is 5.93. The summed E-state index contributed by atoms with van der Waals surface area (Å²) >= 11 is 5.93. The molecule has 4 nitrogen and oxygen atoms in total. The Morgan fingerprint density at radius 3 is 2.86 bits per heavy atom. The third kappa shape index (κ3) is 3.45. The zero-order chi connectivity index (χ0) is 14.7. The maximum absolute atomic E-state index is 5.93. The van der Waals surface area contributed by atoms with Crippen molar-refractivity contribution in [2.24, 2.45) is 5.92 Å². The number of aromatic nitrogens is 2. The van der Waals surface area contributed by atoms with E-state index in [9.17, 15) is 0 Å². The van der Waals surface area contributed by atoms with Crippen molar-refractivity contribution in [3.8, 4) is 0 Å². The predicted octanol–water partition coefficient (Wildman–Crippen LogP) is 3.24. The summed E-state index contributed by atoms with van der Waals surface area (Å²) in [7, 11) is 1.86. The fraction of sp³-hybridized carbons (Fsp3) is 0.375. The average Bonchev–Trinajstić information content (AvgIpc) is 2.98. The average molecular weight is 303 g/mol. The van der Waals surface area contributed by atoms with Gasteiger partial charge in [-0.15, -0.1) is 0 Å². The van der Waals surface area contributed by atoms with Crippen molar-refractivity contribution in [3.63, 3.8) is 0 Å². The first-order valence-electron chi connectivity index (χ1n) is 7.24. The molecule has 1 aromatic heterocycles. The number of halogens is 1. The fourth-order valence-corrected chi connectivity index (χ4v) is 2.92. The van der Waals surface area contributed by atoms with E-state index in [1.807, 2.05) is 25.4 Å². The first-order chi connectivity index (χ1) is 10.2. The van der Waals surface area contributed by atoms with Crippen LogP contribution < -0.4 is 10.2 Å². The molecule has 3 rings (SSSR count). The summed E-state index contributed by atoms with van der Waals surface area (Å²) < 4.78 is 0. The van der Waals surface area contributed by atoms with Gasteiger partial charge in [0.15, 0.2) is 0 Å². The molecule has 1 aliphatic heterocycles. The van der Waals surface area contributed by atoms with Crippen molar-refractivity contribution in [2.45, 2.75) is 12.8 Å². The zero-order valence-electron chi connectivity index (χ0n) is 12.1. The Bertz CT molecular complexity index is 599. The molecule has 2 heterocycles. The van der Waals surface area contributed by atoms with Crippen molar-refractivity contribution in [1.82, 2.24) is 9.97 Å². The van der Waals surface area contributed by atoms with Crippen LogP contribution >= 0.6 is 11.6 Å². The molecular weight excluding hydrogens is 284 g/mol. The Morgan fingerprint density at radius 2 is 2.10 bits per heavy atom. The first-order valence-corrected chi connectivity index (χ1v) is 7.61. The molecule has 2 aromatic rings. The van der Waals surface area contributed by atoms with Gasteiger partial charge in [0.05, 0.1) is 12.4 Å². The van der Waals surface area contributed by atoms with Gasteiger partial charge in [-0.2, -0.15) is 0 Å². The molecule has 1 saturated heterocycles. The Kier molecular flexibility index (Phi) is 4.25. The Balaban J connectivity index is 1.63. The summed E-state index contributed by atoms with van der Waals surface area (Å²) in [5, 5.41) is 3.83. The van der Waals surface area contributed by atoms with Gasteiger partial charge in [0, 0.05) is 25.2 Å². The van der Waals surface area contributed by atoms with Gasteiger partial charge in [-0.1, -0.05) is 23.7 Å². The SMILES string of the molecule is CNc1cncc(N2CCC(Cc3ccc(Cl)cc3)C2)n1. The van der Waals surface area contributed by atoms with Crippen LogP contribution in [0.25, 0.3) is 0 Å². The minimum atomic E-state index is 0.659. The van der Waals surface area contributed by atoms with Crippen LogP contribution in [0.5, 0.6) is 0 Å². The van der Waals surface area contributed by atoms with Gasteiger partial charge in [0.25, 0.3) is 0 Å². The summed E-state index contributed by atoms with van der Waals surface area (Å²) in [5.74, 6) is 2.43. The molecule has 21 heavy (non-hydrogen) atoms. The topological polar surface area (TPSA) is 41.1 Å². The molecule has 0 saturated carbocycles. The number of anilines is 2. The fourth-order valence-electron chi connectivity index (χ4n) is 2.79. The third-order valence-corrected chi connectivity index (χ3v) is 4.18. The van der Waals surface area contributed by atoms with E-state index in [1.54, 1.807) is 6.20 Å². The van der Waals surface area contributed by atoms with Gasteiger partial charge >= 0.3 is 0 Å². The Morgan fingerprint density at radius 1 is 1.29 bits per heavy atom. The van der Waals surface area contributed by atoms with Crippen molar-refractivity contribution < 1.29 is 0 Å². The zero-order valence-corrected chi connectivity index (χ0v) is 12.8. The summed E-state index contributed by atoms with van der Waals surface area (Å²) in [6.45, 7) is 2.07. The lowest BCUT2D eigenvalue weighted by Crippen LogP contribution is -2.21. The van der Waals surface area contributed by atoms with Crippen molar-refractivity contribution in [3.05, 3.63) is 47.2 Å². The van der Waals surface area contributed by atoms with Gasteiger partial charge in [0.1, 0.15) is 11.6 Å². The van der Waals surface area contributed by atoms with Crippen LogP contribution in [0.1, 0.15) is 12.0 Å². The standard InChI is InChI=1S/C16H19ClN4/c1-18-15-9-19-10-16(20-15)21-7-6-13(11-21)8-12-2-4-14(17)5-3-12/h2-5,9-10,13H,6-8,11H2,1H3,(H,18,20). The Labute approximate surface area is 130 Å². The highest BCUT2D eigenvalue weighted by Crippen LogP contribution is 2.25. The predicted molar refractivity (Wildman–Crippen MR) is 87.1 cm³/mol. The highest BCUT2D eigenvalue weighted by molar-refractivity contribution is 6.30. The molecular formula is C16H19ClN4. The van der Waals surface area contributed by atoms with E-state index in [1.165, 1.54) is 12.0 Å². The smallest absolute Gasteiger partial charge is 0.149 e.